The quantitative estimate of drug-likeness (QED) is 0.529. The minimum atomic E-state index is -0.504. The number of hydrogen-bond acceptors (Lipinski definition) is 4. The Labute approximate surface area is 149 Å². The standard InChI is InChI=1S/C19H17N3O2S/c23-16-11-12-20-19(22-16)25-17(15-9-5-2-6-10-15)18(24)21-13-14-7-3-1-4-8-14/h1-12,17H,13H2,(H,21,24)(H,20,22,23)/t17-/m0/s1. The number of nitrogens with one attached hydrogen (secondary N) is 2. The lowest BCUT2D eigenvalue weighted by molar-refractivity contribution is -0.120. The third-order valence-corrected chi connectivity index (χ3v) is 4.68. The molecule has 0 aliphatic carbocycles. The molecule has 25 heavy (non-hydrogen) atoms. The Morgan fingerprint density at radius 1 is 1.04 bits per heavy atom. The van der Waals surface area contributed by atoms with Crippen LogP contribution in [-0.2, 0) is 11.3 Å². The number of aromatic amines is 1. The lowest BCUT2D eigenvalue weighted by Crippen LogP contribution is -2.27. The van der Waals surface area contributed by atoms with E-state index in [-0.39, 0.29) is 11.5 Å². The average molecular weight is 351 g/mol. The summed E-state index contributed by atoms with van der Waals surface area (Å²) in [6, 6.07) is 20.5. The second-order valence-electron chi connectivity index (χ2n) is 5.35. The maximum atomic E-state index is 12.8. The van der Waals surface area contributed by atoms with E-state index in [4.69, 9.17) is 0 Å². The number of carbonyl (C=O) groups excluding carboxylic acids is 1. The molecule has 0 fully saturated rings. The molecule has 1 atom stereocenters. The molecule has 3 rings (SSSR count). The minimum Gasteiger partial charge on any atom is -0.351 e. The summed E-state index contributed by atoms with van der Waals surface area (Å²) in [5.41, 5.74) is 1.64. The van der Waals surface area contributed by atoms with Gasteiger partial charge in [0.25, 0.3) is 5.56 Å². The number of nitrogens with zero attached hydrogens (tertiary/aromatic N) is 1. The van der Waals surface area contributed by atoms with Crippen LogP contribution in [0.4, 0.5) is 0 Å². The molecule has 0 aliphatic heterocycles. The SMILES string of the molecule is O=C(NCc1ccccc1)[C@@H](Sc1nccc(=O)[nH]1)c1ccccc1. The van der Waals surface area contributed by atoms with Crippen LogP contribution in [0.3, 0.4) is 0 Å². The summed E-state index contributed by atoms with van der Waals surface area (Å²) in [5.74, 6) is -0.133. The Hall–Kier alpha value is -2.86. The number of thioether (sulfide) groups is 1. The second kappa shape index (κ2) is 8.30. The van der Waals surface area contributed by atoms with Gasteiger partial charge in [0.2, 0.25) is 5.91 Å². The van der Waals surface area contributed by atoms with E-state index in [1.54, 1.807) is 0 Å². The number of carbonyl (C=O) groups is 1. The van der Waals surface area contributed by atoms with Gasteiger partial charge in [-0.05, 0) is 11.1 Å². The largest absolute Gasteiger partial charge is 0.351 e. The van der Waals surface area contributed by atoms with E-state index in [1.807, 2.05) is 60.7 Å². The fourth-order valence-electron chi connectivity index (χ4n) is 2.30. The minimum absolute atomic E-state index is 0.133. The summed E-state index contributed by atoms with van der Waals surface area (Å²) in [5, 5.41) is 2.86. The molecule has 5 nitrogen and oxygen atoms in total. The van der Waals surface area contributed by atoms with Gasteiger partial charge in [0, 0.05) is 18.8 Å². The van der Waals surface area contributed by atoms with Gasteiger partial charge in [-0.15, -0.1) is 0 Å². The zero-order valence-corrected chi connectivity index (χ0v) is 14.2. The smallest absolute Gasteiger partial charge is 0.251 e. The molecule has 6 heteroatoms. The molecule has 0 saturated carbocycles. The molecule has 2 N–H and O–H groups in total. The normalized spacial score (nSPS) is 11.7. The Balaban J connectivity index is 1.78. The molecule has 0 bridgehead atoms. The highest BCUT2D eigenvalue weighted by atomic mass is 32.2. The van der Waals surface area contributed by atoms with Crippen LogP contribution in [0.5, 0.6) is 0 Å². The summed E-state index contributed by atoms with van der Waals surface area (Å²) in [4.78, 5) is 31.0. The molecule has 1 aromatic heterocycles. The first-order chi connectivity index (χ1) is 12.2. The van der Waals surface area contributed by atoms with Crippen LogP contribution in [0.2, 0.25) is 0 Å². The highest BCUT2D eigenvalue weighted by molar-refractivity contribution is 8.00. The van der Waals surface area contributed by atoms with Crippen molar-refractivity contribution in [3.8, 4) is 0 Å². The Bertz CT molecular complexity index is 882. The fourth-order valence-corrected chi connectivity index (χ4v) is 3.29. The lowest BCUT2D eigenvalue weighted by Gasteiger charge is -2.16. The van der Waals surface area contributed by atoms with Gasteiger partial charge in [-0.3, -0.25) is 9.59 Å². The van der Waals surface area contributed by atoms with E-state index in [0.29, 0.717) is 11.7 Å². The Morgan fingerprint density at radius 3 is 2.40 bits per heavy atom. The zero-order chi connectivity index (χ0) is 17.5. The van der Waals surface area contributed by atoms with Crippen LogP contribution in [0, 0.1) is 0 Å². The fraction of sp³-hybridized carbons (Fsp3) is 0.105. The monoisotopic (exact) mass is 351 g/mol. The summed E-state index contributed by atoms with van der Waals surface area (Å²) >= 11 is 1.22. The van der Waals surface area contributed by atoms with Crippen molar-refractivity contribution in [2.45, 2.75) is 17.0 Å². The Morgan fingerprint density at radius 2 is 1.72 bits per heavy atom. The van der Waals surface area contributed by atoms with Crippen molar-refractivity contribution >= 4 is 17.7 Å². The van der Waals surface area contributed by atoms with E-state index in [2.05, 4.69) is 15.3 Å². The number of rotatable bonds is 6. The molecule has 3 aromatic rings. The number of benzene rings is 2. The van der Waals surface area contributed by atoms with E-state index >= 15 is 0 Å². The van der Waals surface area contributed by atoms with Gasteiger partial charge in [-0.25, -0.2) is 4.98 Å². The second-order valence-corrected chi connectivity index (χ2v) is 6.45. The molecule has 126 valence electrons. The van der Waals surface area contributed by atoms with Gasteiger partial charge < -0.3 is 10.3 Å². The predicted octanol–water partition coefficient (Wildman–Crippen LogP) is 2.92. The van der Waals surface area contributed by atoms with Crippen molar-refractivity contribution in [1.29, 1.82) is 0 Å². The number of aromatic nitrogens is 2. The van der Waals surface area contributed by atoms with E-state index in [9.17, 15) is 9.59 Å². The van der Waals surface area contributed by atoms with Crippen LogP contribution >= 0.6 is 11.8 Å². The number of hydrogen-bond donors (Lipinski definition) is 2. The highest BCUT2D eigenvalue weighted by Gasteiger charge is 2.22. The van der Waals surface area contributed by atoms with Crippen molar-refractivity contribution in [1.82, 2.24) is 15.3 Å². The first-order valence-electron chi connectivity index (χ1n) is 7.81. The molecule has 0 radical (unpaired) electrons. The van der Waals surface area contributed by atoms with Crippen molar-refractivity contribution in [3.63, 3.8) is 0 Å². The highest BCUT2D eigenvalue weighted by Crippen LogP contribution is 2.32. The molecule has 0 spiro atoms. The topological polar surface area (TPSA) is 74.8 Å². The van der Waals surface area contributed by atoms with Gasteiger partial charge in [-0.2, -0.15) is 0 Å². The molecule has 1 heterocycles. The summed E-state index contributed by atoms with van der Waals surface area (Å²) < 4.78 is 0. The van der Waals surface area contributed by atoms with Crippen LogP contribution in [0.15, 0.2) is 82.9 Å². The van der Waals surface area contributed by atoms with Crippen LogP contribution < -0.4 is 10.9 Å². The number of H-pyrrole nitrogens is 1. The van der Waals surface area contributed by atoms with Gasteiger partial charge in [0.1, 0.15) is 5.25 Å². The third kappa shape index (κ3) is 4.81. The average Bonchev–Trinajstić information content (AvgIpc) is 2.66. The van der Waals surface area contributed by atoms with Crippen molar-refractivity contribution in [3.05, 3.63) is 94.4 Å². The molecule has 1 amide bonds. The predicted molar refractivity (Wildman–Crippen MR) is 98.2 cm³/mol. The van der Waals surface area contributed by atoms with Crippen LogP contribution in [-0.4, -0.2) is 15.9 Å². The van der Waals surface area contributed by atoms with E-state index < -0.39 is 5.25 Å². The molecule has 0 unspecified atom stereocenters. The molecule has 2 aromatic carbocycles. The molecule has 0 saturated heterocycles. The van der Waals surface area contributed by atoms with Crippen LogP contribution in [0.25, 0.3) is 0 Å². The van der Waals surface area contributed by atoms with E-state index in [1.165, 1.54) is 24.0 Å². The number of amides is 1. The van der Waals surface area contributed by atoms with Gasteiger partial charge in [0.05, 0.1) is 0 Å². The summed E-state index contributed by atoms with van der Waals surface area (Å²) in [7, 11) is 0. The van der Waals surface area contributed by atoms with Crippen molar-refractivity contribution in [2.24, 2.45) is 0 Å². The first kappa shape index (κ1) is 17.0. The lowest BCUT2D eigenvalue weighted by atomic mass is 10.1. The van der Waals surface area contributed by atoms with Crippen molar-refractivity contribution < 1.29 is 4.79 Å². The van der Waals surface area contributed by atoms with Crippen LogP contribution in [0.1, 0.15) is 16.4 Å². The summed E-state index contributed by atoms with van der Waals surface area (Å²) in [6.07, 6.45) is 1.44. The van der Waals surface area contributed by atoms with Gasteiger partial charge in [0.15, 0.2) is 5.16 Å². The third-order valence-electron chi connectivity index (χ3n) is 3.53. The Kier molecular flexibility index (Phi) is 5.64. The summed E-state index contributed by atoms with van der Waals surface area (Å²) in [6.45, 7) is 0.447. The zero-order valence-electron chi connectivity index (χ0n) is 13.4. The van der Waals surface area contributed by atoms with Crippen molar-refractivity contribution in [2.75, 3.05) is 0 Å². The first-order valence-corrected chi connectivity index (χ1v) is 8.69. The molecule has 0 aliphatic rings. The molecular weight excluding hydrogens is 334 g/mol. The van der Waals surface area contributed by atoms with Gasteiger partial charge >= 0.3 is 0 Å². The van der Waals surface area contributed by atoms with Gasteiger partial charge in [-0.1, -0.05) is 72.4 Å². The maximum Gasteiger partial charge on any atom is 0.251 e. The van der Waals surface area contributed by atoms with E-state index in [0.717, 1.165) is 11.1 Å². The molecular formula is C19H17N3O2S. The maximum absolute atomic E-state index is 12.8.